The Balaban J connectivity index is 1.79. The summed E-state index contributed by atoms with van der Waals surface area (Å²) in [7, 11) is -0.873. The monoisotopic (exact) mass is 281 g/mol. The van der Waals surface area contributed by atoms with Crippen LogP contribution < -0.4 is 0 Å². The van der Waals surface area contributed by atoms with Crippen LogP contribution in [0.15, 0.2) is 24.3 Å². The molecule has 1 saturated heterocycles. The van der Waals surface area contributed by atoms with E-state index in [1.165, 1.54) is 12.8 Å². The Kier molecular flexibility index (Phi) is 5.10. The fourth-order valence-electron chi connectivity index (χ4n) is 2.24. The third-order valence-corrected chi connectivity index (χ3v) is 4.66. The van der Waals surface area contributed by atoms with Crippen LogP contribution in [0.5, 0.6) is 0 Å². The Hall–Kier alpha value is -1.20. The van der Waals surface area contributed by atoms with Gasteiger partial charge < -0.3 is 10.0 Å². The third-order valence-electron chi connectivity index (χ3n) is 3.36. The topological polar surface area (TPSA) is 57.6 Å². The van der Waals surface area contributed by atoms with Crippen LogP contribution in [0.1, 0.15) is 28.8 Å². The van der Waals surface area contributed by atoms with Crippen LogP contribution in [0.2, 0.25) is 0 Å². The molecule has 19 heavy (non-hydrogen) atoms. The number of hydrogen-bond acceptors (Lipinski definition) is 3. The van der Waals surface area contributed by atoms with Crippen molar-refractivity contribution in [3.05, 3.63) is 35.4 Å². The van der Waals surface area contributed by atoms with Gasteiger partial charge in [0, 0.05) is 28.9 Å². The molecule has 0 bridgehead atoms. The van der Waals surface area contributed by atoms with Gasteiger partial charge in [0.15, 0.2) is 0 Å². The van der Waals surface area contributed by atoms with Gasteiger partial charge in [0.05, 0.1) is 5.56 Å². The first-order valence-electron chi connectivity index (χ1n) is 6.55. The number of hydrogen-bond donors (Lipinski definition) is 1. The average Bonchev–Trinajstić information content (AvgIpc) is 2.90. The molecule has 4 nitrogen and oxygen atoms in total. The van der Waals surface area contributed by atoms with Crippen molar-refractivity contribution in [3.63, 3.8) is 0 Å². The van der Waals surface area contributed by atoms with Gasteiger partial charge >= 0.3 is 5.97 Å². The van der Waals surface area contributed by atoms with Crippen LogP contribution in [0.25, 0.3) is 0 Å². The second-order valence-corrected chi connectivity index (χ2v) is 6.42. The predicted molar refractivity (Wildman–Crippen MR) is 75.8 cm³/mol. The number of carboxylic acid groups (broad SMARTS) is 1. The molecule has 1 aromatic rings. The van der Waals surface area contributed by atoms with Crippen LogP contribution >= 0.6 is 0 Å². The molecule has 0 saturated carbocycles. The lowest BCUT2D eigenvalue weighted by Crippen LogP contribution is -2.24. The highest BCUT2D eigenvalue weighted by molar-refractivity contribution is 7.84. The van der Waals surface area contributed by atoms with E-state index >= 15 is 0 Å². The molecule has 0 aromatic heterocycles. The standard InChI is InChI=1S/C14H19NO3S/c16-14(17)13-5-3-12(4-6-13)11-19(18)10-9-15-7-1-2-8-15/h3-6H,1-2,7-11H2,(H,16,17). The van der Waals surface area contributed by atoms with Crippen LogP contribution in [0.4, 0.5) is 0 Å². The highest BCUT2D eigenvalue weighted by atomic mass is 32.2. The van der Waals surface area contributed by atoms with Gasteiger partial charge in [-0.2, -0.15) is 0 Å². The van der Waals surface area contributed by atoms with Crippen LogP contribution in [-0.2, 0) is 16.6 Å². The maximum atomic E-state index is 12.0. The third kappa shape index (κ3) is 4.44. The van der Waals surface area contributed by atoms with Gasteiger partial charge in [0.25, 0.3) is 0 Å². The quantitative estimate of drug-likeness (QED) is 0.862. The SMILES string of the molecule is O=C(O)c1ccc(CS(=O)CCN2CCCC2)cc1. The molecule has 0 amide bonds. The van der Waals surface area contributed by atoms with Crippen molar-refractivity contribution in [2.24, 2.45) is 0 Å². The first-order chi connectivity index (χ1) is 9.15. The zero-order valence-electron chi connectivity index (χ0n) is 10.9. The summed E-state index contributed by atoms with van der Waals surface area (Å²) < 4.78 is 12.0. The highest BCUT2D eigenvalue weighted by Gasteiger charge is 2.12. The second-order valence-electron chi connectivity index (χ2n) is 4.84. The maximum absolute atomic E-state index is 12.0. The molecule has 0 spiro atoms. The Morgan fingerprint density at radius 3 is 2.42 bits per heavy atom. The van der Waals surface area contributed by atoms with E-state index < -0.39 is 16.8 Å². The first kappa shape index (κ1) is 14.2. The van der Waals surface area contributed by atoms with Crippen molar-refractivity contribution >= 4 is 16.8 Å². The van der Waals surface area contributed by atoms with E-state index in [0.717, 1.165) is 25.2 Å². The zero-order valence-corrected chi connectivity index (χ0v) is 11.7. The van der Waals surface area contributed by atoms with Crippen molar-refractivity contribution in [1.29, 1.82) is 0 Å². The lowest BCUT2D eigenvalue weighted by molar-refractivity contribution is 0.0697. The van der Waals surface area contributed by atoms with Gasteiger partial charge in [-0.15, -0.1) is 0 Å². The van der Waals surface area contributed by atoms with E-state index in [9.17, 15) is 9.00 Å². The molecule has 5 heteroatoms. The van der Waals surface area contributed by atoms with E-state index in [4.69, 9.17) is 5.11 Å². The van der Waals surface area contributed by atoms with E-state index in [2.05, 4.69) is 4.90 Å². The lowest BCUT2D eigenvalue weighted by atomic mass is 10.1. The number of carbonyl (C=O) groups is 1. The molecule has 1 fully saturated rings. The molecule has 1 unspecified atom stereocenters. The summed E-state index contributed by atoms with van der Waals surface area (Å²) in [5.41, 5.74) is 1.20. The van der Waals surface area contributed by atoms with Crippen molar-refractivity contribution < 1.29 is 14.1 Å². The molecule has 2 rings (SSSR count). The number of carboxylic acids is 1. The molecule has 1 aliphatic rings. The summed E-state index contributed by atoms with van der Waals surface area (Å²) in [4.78, 5) is 13.1. The number of aromatic carboxylic acids is 1. The van der Waals surface area contributed by atoms with E-state index in [-0.39, 0.29) is 5.56 Å². The summed E-state index contributed by atoms with van der Waals surface area (Å²) >= 11 is 0. The van der Waals surface area contributed by atoms with Gasteiger partial charge in [-0.25, -0.2) is 4.79 Å². The molecule has 104 valence electrons. The largest absolute Gasteiger partial charge is 0.478 e. The highest BCUT2D eigenvalue weighted by Crippen LogP contribution is 2.09. The molecule has 1 atom stereocenters. The molecule has 0 radical (unpaired) electrons. The molecule has 1 aromatic carbocycles. The van der Waals surface area contributed by atoms with E-state index in [0.29, 0.717) is 11.5 Å². The summed E-state index contributed by atoms with van der Waals surface area (Å²) in [6, 6.07) is 6.62. The fourth-order valence-corrected chi connectivity index (χ4v) is 3.41. The summed E-state index contributed by atoms with van der Waals surface area (Å²) in [6.45, 7) is 3.16. The second kappa shape index (κ2) is 6.82. The minimum Gasteiger partial charge on any atom is -0.478 e. The summed E-state index contributed by atoms with van der Waals surface area (Å²) in [6.07, 6.45) is 2.51. The Labute approximate surface area is 115 Å². The average molecular weight is 281 g/mol. The molecule has 0 aliphatic carbocycles. The number of likely N-dealkylation sites (tertiary alicyclic amines) is 1. The van der Waals surface area contributed by atoms with Crippen molar-refractivity contribution in [1.82, 2.24) is 4.90 Å². The van der Waals surface area contributed by atoms with Crippen molar-refractivity contribution in [2.45, 2.75) is 18.6 Å². The Morgan fingerprint density at radius 2 is 1.84 bits per heavy atom. The van der Waals surface area contributed by atoms with Crippen molar-refractivity contribution in [3.8, 4) is 0 Å². The Bertz CT molecular complexity index is 452. The van der Waals surface area contributed by atoms with Gasteiger partial charge in [-0.3, -0.25) is 4.21 Å². The van der Waals surface area contributed by atoms with Gasteiger partial charge in [0.2, 0.25) is 0 Å². The minimum absolute atomic E-state index is 0.270. The van der Waals surface area contributed by atoms with Crippen LogP contribution in [0.3, 0.4) is 0 Å². The summed E-state index contributed by atoms with van der Waals surface area (Å²) in [5.74, 6) is 0.274. The zero-order chi connectivity index (χ0) is 13.7. The number of rotatable bonds is 6. The summed E-state index contributed by atoms with van der Waals surface area (Å²) in [5, 5.41) is 8.80. The molecule has 1 aliphatic heterocycles. The molecular weight excluding hydrogens is 262 g/mol. The van der Waals surface area contributed by atoms with Gasteiger partial charge in [-0.1, -0.05) is 12.1 Å². The number of benzene rings is 1. The molecular formula is C14H19NO3S. The first-order valence-corrected chi connectivity index (χ1v) is 8.03. The minimum atomic E-state index is -0.929. The fraction of sp³-hybridized carbons (Fsp3) is 0.500. The van der Waals surface area contributed by atoms with Gasteiger partial charge in [-0.05, 0) is 43.6 Å². The normalized spacial score (nSPS) is 17.5. The van der Waals surface area contributed by atoms with Crippen molar-refractivity contribution in [2.75, 3.05) is 25.4 Å². The number of nitrogens with zero attached hydrogens (tertiary/aromatic N) is 1. The predicted octanol–water partition coefficient (Wildman–Crippen LogP) is 1.73. The van der Waals surface area contributed by atoms with Crippen LogP contribution in [0, 0.1) is 0 Å². The Morgan fingerprint density at radius 1 is 1.21 bits per heavy atom. The van der Waals surface area contributed by atoms with Gasteiger partial charge in [0.1, 0.15) is 0 Å². The lowest BCUT2D eigenvalue weighted by Gasteiger charge is -2.13. The van der Waals surface area contributed by atoms with E-state index in [1.807, 2.05) is 0 Å². The molecule has 1 N–H and O–H groups in total. The van der Waals surface area contributed by atoms with E-state index in [1.54, 1.807) is 24.3 Å². The smallest absolute Gasteiger partial charge is 0.335 e. The maximum Gasteiger partial charge on any atom is 0.335 e. The molecule has 1 heterocycles. The van der Waals surface area contributed by atoms with Crippen LogP contribution in [-0.4, -0.2) is 45.6 Å².